The predicted octanol–water partition coefficient (Wildman–Crippen LogP) is 2.61. The summed E-state index contributed by atoms with van der Waals surface area (Å²) < 4.78 is 1.86. The Balaban J connectivity index is 1.54. The molecule has 0 spiro atoms. The first-order valence-corrected chi connectivity index (χ1v) is 9.54. The van der Waals surface area contributed by atoms with Gasteiger partial charge in [0.1, 0.15) is 12.8 Å². The molecule has 3 heterocycles. The molecule has 1 N–H and O–H groups in total. The van der Waals surface area contributed by atoms with Gasteiger partial charge in [-0.1, -0.05) is 37.5 Å². The van der Waals surface area contributed by atoms with Gasteiger partial charge in [-0.05, 0) is 24.5 Å². The molecule has 1 unspecified atom stereocenters. The number of carbonyl (C=O) groups excluding carboxylic acids is 2. The number of rotatable bonds is 2. The zero-order valence-corrected chi connectivity index (χ0v) is 14.7. The van der Waals surface area contributed by atoms with E-state index in [4.69, 9.17) is 0 Å². The second-order valence-electron chi connectivity index (χ2n) is 7.64. The van der Waals surface area contributed by atoms with Gasteiger partial charge in [-0.2, -0.15) is 0 Å². The third kappa shape index (κ3) is 2.08. The highest BCUT2D eigenvalue weighted by Crippen LogP contribution is 2.38. The third-order valence-electron chi connectivity index (χ3n) is 6.34. The second kappa shape index (κ2) is 5.84. The number of amides is 3. The molecule has 6 nitrogen and oxygen atoms in total. The van der Waals surface area contributed by atoms with E-state index in [9.17, 15) is 14.7 Å². The summed E-state index contributed by atoms with van der Waals surface area (Å²) in [5.74, 6) is -0.0339. The van der Waals surface area contributed by atoms with Crippen molar-refractivity contribution >= 4 is 22.8 Å². The van der Waals surface area contributed by atoms with E-state index in [1.165, 1.54) is 6.42 Å². The molecule has 1 aromatic heterocycles. The number of para-hydroxylation sites is 1. The quantitative estimate of drug-likeness (QED) is 0.844. The lowest BCUT2D eigenvalue weighted by Gasteiger charge is -2.29. The fourth-order valence-corrected chi connectivity index (χ4v) is 5.06. The Morgan fingerprint density at radius 2 is 1.85 bits per heavy atom. The smallest absolute Gasteiger partial charge is 0.328 e. The van der Waals surface area contributed by atoms with Crippen LogP contribution in [0.3, 0.4) is 0 Å². The summed E-state index contributed by atoms with van der Waals surface area (Å²) >= 11 is 0. The van der Waals surface area contributed by atoms with Crippen molar-refractivity contribution in [1.29, 1.82) is 0 Å². The van der Waals surface area contributed by atoms with Gasteiger partial charge in [0.25, 0.3) is 5.91 Å². The maximum Gasteiger partial charge on any atom is 0.328 e. The first-order valence-electron chi connectivity index (χ1n) is 9.54. The maximum absolute atomic E-state index is 13.1. The lowest BCUT2D eigenvalue weighted by molar-refractivity contribution is -0.130. The Kier molecular flexibility index (Phi) is 3.57. The van der Waals surface area contributed by atoms with Gasteiger partial charge in [0.05, 0.1) is 12.1 Å². The van der Waals surface area contributed by atoms with Crippen molar-refractivity contribution in [2.45, 2.75) is 63.9 Å². The highest BCUT2D eigenvalue weighted by Gasteiger charge is 2.50. The van der Waals surface area contributed by atoms with Gasteiger partial charge >= 0.3 is 6.03 Å². The van der Waals surface area contributed by atoms with Gasteiger partial charge < -0.3 is 14.6 Å². The molecule has 3 amide bonds. The summed E-state index contributed by atoms with van der Waals surface area (Å²) in [6, 6.07) is 7.46. The van der Waals surface area contributed by atoms with Crippen LogP contribution in [0.25, 0.3) is 10.9 Å². The number of hydrogen-bond donors (Lipinski definition) is 1. The van der Waals surface area contributed by atoms with Crippen molar-refractivity contribution in [3.63, 3.8) is 0 Å². The molecule has 1 saturated carbocycles. The second-order valence-corrected chi connectivity index (χ2v) is 7.64. The van der Waals surface area contributed by atoms with E-state index in [0.717, 1.165) is 47.8 Å². The standard InChI is InChI=1S/C20H23N3O3/c24-12-22-16-9-5-4-8-14(16)15-10-17-19(25)23(13-6-2-1-3-7-13)20(26)21(17)11-18(15)22/h4-5,8-9,13,17,24H,1-3,6-7,10-12H2. The van der Waals surface area contributed by atoms with Crippen LogP contribution in [0, 0.1) is 0 Å². The average molecular weight is 353 g/mol. The summed E-state index contributed by atoms with van der Waals surface area (Å²) in [5, 5.41) is 11.0. The number of hydrogen-bond acceptors (Lipinski definition) is 3. The van der Waals surface area contributed by atoms with Crippen molar-refractivity contribution in [2.24, 2.45) is 0 Å². The van der Waals surface area contributed by atoms with Crippen molar-refractivity contribution in [2.75, 3.05) is 0 Å². The van der Waals surface area contributed by atoms with E-state index in [0.29, 0.717) is 13.0 Å². The van der Waals surface area contributed by atoms with Crippen LogP contribution in [-0.4, -0.2) is 43.5 Å². The van der Waals surface area contributed by atoms with Gasteiger partial charge in [0.15, 0.2) is 0 Å². The largest absolute Gasteiger partial charge is 0.376 e. The fourth-order valence-electron chi connectivity index (χ4n) is 5.06. The molecule has 2 aromatic rings. The molecule has 1 aromatic carbocycles. The molecule has 26 heavy (non-hydrogen) atoms. The Hall–Kier alpha value is -2.34. The lowest BCUT2D eigenvalue weighted by Crippen LogP contribution is -2.42. The summed E-state index contributed by atoms with van der Waals surface area (Å²) in [5.41, 5.74) is 3.02. The van der Waals surface area contributed by atoms with Crippen LogP contribution in [-0.2, 0) is 24.5 Å². The number of aromatic nitrogens is 1. The number of fused-ring (bicyclic) bond motifs is 4. The molecule has 2 fully saturated rings. The summed E-state index contributed by atoms with van der Waals surface area (Å²) in [7, 11) is 0. The highest BCUT2D eigenvalue weighted by molar-refractivity contribution is 6.05. The minimum Gasteiger partial charge on any atom is -0.376 e. The molecule has 2 aliphatic heterocycles. The Morgan fingerprint density at radius 1 is 1.08 bits per heavy atom. The number of nitrogens with zero attached hydrogens (tertiary/aromatic N) is 3. The third-order valence-corrected chi connectivity index (χ3v) is 6.34. The van der Waals surface area contributed by atoms with Crippen LogP contribution < -0.4 is 0 Å². The lowest BCUT2D eigenvalue weighted by atomic mass is 9.93. The number of carbonyl (C=O) groups is 2. The normalized spacial score (nSPS) is 23.7. The molecular weight excluding hydrogens is 330 g/mol. The SMILES string of the molecule is O=C1C2Cc3c(n(CO)c4ccccc34)CN2C(=O)N1C1CCCCC1. The highest BCUT2D eigenvalue weighted by atomic mass is 16.3. The number of urea groups is 1. The van der Waals surface area contributed by atoms with Gasteiger partial charge in [0, 0.05) is 23.5 Å². The van der Waals surface area contributed by atoms with Gasteiger partial charge in [0.2, 0.25) is 0 Å². The van der Waals surface area contributed by atoms with E-state index in [1.807, 2.05) is 28.8 Å². The van der Waals surface area contributed by atoms with Crippen molar-refractivity contribution in [3.05, 3.63) is 35.5 Å². The van der Waals surface area contributed by atoms with Gasteiger partial charge in [-0.15, -0.1) is 0 Å². The first-order chi connectivity index (χ1) is 12.7. The molecule has 1 saturated heterocycles. The molecule has 0 bridgehead atoms. The van der Waals surface area contributed by atoms with E-state index in [1.54, 1.807) is 9.80 Å². The van der Waals surface area contributed by atoms with Crippen LogP contribution in [0.2, 0.25) is 0 Å². The van der Waals surface area contributed by atoms with Crippen LogP contribution in [0.15, 0.2) is 24.3 Å². The average Bonchev–Trinajstić information content (AvgIpc) is 3.12. The van der Waals surface area contributed by atoms with Crippen molar-refractivity contribution in [1.82, 2.24) is 14.4 Å². The molecule has 0 radical (unpaired) electrons. The maximum atomic E-state index is 13.1. The van der Waals surface area contributed by atoms with Crippen molar-refractivity contribution in [3.8, 4) is 0 Å². The fraction of sp³-hybridized carbons (Fsp3) is 0.500. The molecule has 1 aliphatic carbocycles. The Morgan fingerprint density at radius 3 is 2.62 bits per heavy atom. The Labute approximate surface area is 152 Å². The Bertz CT molecular complexity index is 897. The minimum atomic E-state index is -0.394. The summed E-state index contributed by atoms with van der Waals surface area (Å²) in [6.45, 7) is 0.270. The summed E-state index contributed by atoms with van der Waals surface area (Å²) in [4.78, 5) is 29.4. The van der Waals surface area contributed by atoms with Crippen LogP contribution in [0.5, 0.6) is 0 Å². The molecule has 136 valence electrons. The monoisotopic (exact) mass is 353 g/mol. The number of imide groups is 1. The van der Waals surface area contributed by atoms with Crippen LogP contribution >= 0.6 is 0 Å². The number of benzene rings is 1. The zero-order valence-electron chi connectivity index (χ0n) is 14.7. The molecule has 6 heteroatoms. The predicted molar refractivity (Wildman–Crippen MR) is 96.3 cm³/mol. The van der Waals surface area contributed by atoms with Crippen LogP contribution in [0.4, 0.5) is 4.79 Å². The van der Waals surface area contributed by atoms with E-state index in [2.05, 4.69) is 0 Å². The zero-order chi connectivity index (χ0) is 17.8. The summed E-state index contributed by atoms with van der Waals surface area (Å²) in [6.07, 6.45) is 5.77. The van der Waals surface area contributed by atoms with Crippen LogP contribution in [0.1, 0.15) is 43.4 Å². The van der Waals surface area contributed by atoms with Gasteiger partial charge in [-0.3, -0.25) is 9.69 Å². The van der Waals surface area contributed by atoms with E-state index >= 15 is 0 Å². The molecule has 5 rings (SSSR count). The minimum absolute atomic E-state index is 0.0339. The number of aliphatic hydroxyl groups excluding tert-OH is 1. The first kappa shape index (κ1) is 15.9. The van der Waals surface area contributed by atoms with Crippen molar-refractivity contribution < 1.29 is 14.7 Å². The molecular formula is C20H23N3O3. The molecule has 1 atom stereocenters. The van der Waals surface area contributed by atoms with E-state index < -0.39 is 6.04 Å². The topological polar surface area (TPSA) is 65.8 Å². The van der Waals surface area contributed by atoms with Gasteiger partial charge in [-0.25, -0.2) is 4.79 Å². The van der Waals surface area contributed by atoms with E-state index in [-0.39, 0.29) is 24.7 Å². The molecule has 3 aliphatic rings. The number of aliphatic hydroxyl groups is 1.